The summed E-state index contributed by atoms with van der Waals surface area (Å²) in [5, 5.41) is 0.660. The Morgan fingerprint density at radius 3 is 2.80 bits per heavy atom. The first-order chi connectivity index (χ1) is 14.5. The fourth-order valence-corrected chi connectivity index (χ4v) is 5.23. The van der Waals surface area contributed by atoms with Crippen LogP contribution in [0.4, 0.5) is 0 Å². The standard InChI is InChI=1S/C23H27N3O3S/c1-4-29-23(28)17-6-5-11-26(12-17)13-18-24-21(27)20-19(15(3)30-22(20)25-18)16-9-7-14(2)8-10-16/h7-10,17H,4-6,11-13H2,1-3H3,(H,24,25,27)/t17-/m1/s1. The first-order valence-corrected chi connectivity index (χ1v) is 11.3. The van der Waals surface area contributed by atoms with Crippen molar-refractivity contribution in [3.05, 3.63) is 50.9 Å². The Bertz CT molecular complexity index is 1120. The molecule has 0 radical (unpaired) electrons. The lowest BCUT2D eigenvalue weighted by molar-refractivity contribution is -0.150. The number of likely N-dealkylation sites (tertiary alicyclic amines) is 1. The number of thiophene rings is 1. The van der Waals surface area contributed by atoms with Gasteiger partial charge in [0.1, 0.15) is 10.7 Å². The lowest BCUT2D eigenvalue weighted by atomic mass is 9.98. The lowest BCUT2D eigenvalue weighted by Crippen LogP contribution is -2.39. The highest BCUT2D eigenvalue weighted by Gasteiger charge is 2.27. The van der Waals surface area contributed by atoms with Gasteiger partial charge in [0.05, 0.1) is 24.5 Å². The van der Waals surface area contributed by atoms with Gasteiger partial charge in [-0.15, -0.1) is 11.3 Å². The smallest absolute Gasteiger partial charge is 0.310 e. The van der Waals surface area contributed by atoms with E-state index in [1.54, 1.807) is 11.3 Å². The van der Waals surface area contributed by atoms with E-state index in [9.17, 15) is 9.59 Å². The quantitative estimate of drug-likeness (QED) is 0.625. The average molecular weight is 426 g/mol. The summed E-state index contributed by atoms with van der Waals surface area (Å²) in [6.45, 7) is 8.37. The van der Waals surface area contributed by atoms with Crippen molar-refractivity contribution >= 4 is 27.5 Å². The number of hydrogen-bond donors (Lipinski definition) is 1. The highest BCUT2D eigenvalue weighted by molar-refractivity contribution is 7.19. The molecule has 158 valence electrons. The number of esters is 1. The number of nitrogens with one attached hydrogen (secondary N) is 1. The van der Waals surface area contributed by atoms with Crippen LogP contribution in [0.25, 0.3) is 21.3 Å². The second-order valence-electron chi connectivity index (χ2n) is 7.92. The summed E-state index contributed by atoms with van der Waals surface area (Å²) in [4.78, 5) is 36.9. The SMILES string of the molecule is CCOC(=O)[C@@H]1CCCN(Cc2nc3sc(C)c(-c4ccc(C)cc4)c3c(=O)[nH]2)C1. The number of carbonyl (C=O) groups excluding carboxylic acids is 1. The zero-order chi connectivity index (χ0) is 21.3. The number of piperidine rings is 1. The van der Waals surface area contributed by atoms with Crippen molar-refractivity contribution in [3.63, 3.8) is 0 Å². The van der Waals surface area contributed by atoms with E-state index < -0.39 is 0 Å². The monoisotopic (exact) mass is 425 g/mol. The maximum Gasteiger partial charge on any atom is 0.310 e. The number of aromatic nitrogens is 2. The van der Waals surface area contributed by atoms with Crippen LogP contribution in [0.15, 0.2) is 29.1 Å². The van der Waals surface area contributed by atoms with E-state index in [2.05, 4.69) is 41.1 Å². The van der Waals surface area contributed by atoms with E-state index in [4.69, 9.17) is 9.72 Å². The number of nitrogens with zero attached hydrogens (tertiary/aromatic N) is 2. The molecular formula is C23H27N3O3S. The highest BCUT2D eigenvalue weighted by Crippen LogP contribution is 2.35. The van der Waals surface area contributed by atoms with Crippen molar-refractivity contribution in [3.8, 4) is 11.1 Å². The number of carbonyl (C=O) groups is 1. The molecule has 1 atom stereocenters. The third-order valence-electron chi connectivity index (χ3n) is 5.63. The maximum atomic E-state index is 13.0. The lowest BCUT2D eigenvalue weighted by Gasteiger charge is -2.30. The summed E-state index contributed by atoms with van der Waals surface area (Å²) < 4.78 is 5.18. The average Bonchev–Trinajstić information content (AvgIpc) is 3.05. The number of H-pyrrole nitrogens is 1. The van der Waals surface area contributed by atoms with Gasteiger partial charge in [-0.05, 0) is 45.7 Å². The van der Waals surface area contributed by atoms with Crippen molar-refractivity contribution in [2.45, 2.75) is 40.2 Å². The van der Waals surface area contributed by atoms with E-state index in [-0.39, 0.29) is 17.4 Å². The van der Waals surface area contributed by atoms with Crippen molar-refractivity contribution in [1.82, 2.24) is 14.9 Å². The molecule has 0 aliphatic carbocycles. The Morgan fingerprint density at radius 1 is 1.30 bits per heavy atom. The van der Waals surface area contributed by atoms with Gasteiger partial charge in [-0.3, -0.25) is 14.5 Å². The highest BCUT2D eigenvalue weighted by atomic mass is 32.1. The number of benzene rings is 1. The van der Waals surface area contributed by atoms with E-state index in [1.807, 2.05) is 13.8 Å². The van der Waals surface area contributed by atoms with E-state index in [0.29, 0.717) is 30.9 Å². The zero-order valence-electron chi connectivity index (χ0n) is 17.7. The molecule has 4 rings (SSSR count). The summed E-state index contributed by atoms with van der Waals surface area (Å²) >= 11 is 1.56. The van der Waals surface area contributed by atoms with Gasteiger partial charge in [-0.2, -0.15) is 0 Å². The largest absolute Gasteiger partial charge is 0.466 e. The molecular weight excluding hydrogens is 398 g/mol. The molecule has 1 aliphatic rings. The molecule has 1 saturated heterocycles. The van der Waals surface area contributed by atoms with Gasteiger partial charge >= 0.3 is 5.97 Å². The molecule has 3 aromatic rings. The molecule has 1 fully saturated rings. The zero-order valence-corrected chi connectivity index (χ0v) is 18.5. The Hall–Kier alpha value is -2.51. The predicted octanol–water partition coefficient (Wildman–Crippen LogP) is 4.04. The predicted molar refractivity (Wildman–Crippen MR) is 120 cm³/mol. The molecule has 0 saturated carbocycles. The van der Waals surface area contributed by atoms with Gasteiger partial charge in [0.25, 0.3) is 5.56 Å². The molecule has 1 aliphatic heterocycles. The number of fused-ring (bicyclic) bond motifs is 1. The number of aromatic amines is 1. The molecule has 0 spiro atoms. The molecule has 0 bridgehead atoms. The third-order valence-corrected chi connectivity index (χ3v) is 6.63. The van der Waals surface area contributed by atoms with Crippen molar-refractivity contribution in [2.75, 3.05) is 19.7 Å². The van der Waals surface area contributed by atoms with Gasteiger partial charge in [0, 0.05) is 17.0 Å². The fourth-order valence-electron chi connectivity index (χ4n) is 4.17. The summed E-state index contributed by atoms with van der Waals surface area (Å²) in [7, 11) is 0. The van der Waals surface area contributed by atoms with Crippen LogP contribution in [0.5, 0.6) is 0 Å². The first-order valence-electron chi connectivity index (χ1n) is 10.4. The van der Waals surface area contributed by atoms with Gasteiger partial charge in [0.15, 0.2) is 0 Å². The number of rotatable bonds is 5. The van der Waals surface area contributed by atoms with Crippen LogP contribution in [-0.4, -0.2) is 40.5 Å². The molecule has 6 nitrogen and oxygen atoms in total. The second-order valence-corrected chi connectivity index (χ2v) is 9.12. The van der Waals surface area contributed by atoms with Gasteiger partial charge in [0.2, 0.25) is 0 Å². The molecule has 1 N–H and O–H groups in total. The summed E-state index contributed by atoms with van der Waals surface area (Å²) in [5.41, 5.74) is 3.09. The van der Waals surface area contributed by atoms with Crippen LogP contribution >= 0.6 is 11.3 Å². The van der Waals surface area contributed by atoms with Crippen molar-refractivity contribution in [2.24, 2.45) is 5.92 Å². The minimum atomic E-state index is -0.129. The molecule has 2 aromatic heterocycles. The Kier molecular flexibility index (Phi) is 6.01. The first kappa shape index (κ1) is 20.8. The molecule has 0 amide bonds. The van der Waals surface area contributed by atoms with Crippen LogP contribution in [0, 0.1) is 19.8 Å². The van der Waals surface area contributed by atoms with Gasteiger partial charge in [-0.25, -0.2) is 4.98 Å². The topological polar surface area (TPSA) is 75.3 Å². The molecule has 1 aromatic carbocycles. The number of hydrogen-bond acceptors (Lipinski definition) is 6. The molecule has 3 heterocycles. The molecule has 0 unspecified atom stereocenters. The second kappa shape index (κ2) is 8.70. The van der Waals surface area contributed by atoms with Crippen LogP contribution in [0.3, 0.4) is 0 Å². The normalized spacial score (nSPS) is 17.4. The van der Waals surface area contributed by atoms with Crippen LogP contribution in [0.1, 0.15) is 36.0 Å². The maximum absolute atomic E-state index is 13.0. The Morgan fingerprint density at radius 2 is 2.07 bits per heavy atom. The minimum absolute atomic E-state index is 0.103. The van der Waals surface area contributed by atoms with E-state index in [1.165, 1.54) is 5.56 Å². The summed E-state index contributed by atoms with van der Waals surface area (Å²) in [6.07, 6.45) is 1.79. The number of aryl methyl sites for hydroxylation is 2. The van der Waals surface area contributed by atoms with Gasteiger partial charge < -0.3 is 9.72 Å². The fraction of sp³-hybridized carbons (Fsp3) is 0.435. The van der Waals surface area contributed by atoms with Gasteiger partial charge in [-0.1, -0.05) is 29.8 Å². The number of ether oxygens (including phenoxy) is 1. The van der Waals surface area contributed by atoms with Crippen LogP contribution in [0.2, 0.25) is 0 Å². The Labute approximate surface area is 179 Å². The van der Waals surface area contributed by atoms with E-state index >= 15 is 0 Å². The molecule has 30 heavy (non-hydrogen) atoms. The Balaban J connectivity index is 1.60. The summed E-state index contributed by atoms with van der Waals surface area (Å²) in [5.74, 6) is 0.413. The summed E-state index contributed by atoms with van der Waals surface area (Å²) in [6, 6.07) is 8.23. The minimum Gasteiger partial charge on any atom is -0.466 e. The van der Waals surface area contributed by atoms with Crippen LogP contribution < -0.4 is 5.56 Å². The third kappa shape index (κ3) is 4.18. The molecule has 7 heteroatoms. The van der Waals surface area contributed by atoms with Crippen molar-refractivity contribution < 1.29 is 9.53 Å². The van der Waals surface area contributed by atoms with Crippen LogP contribution in [-0.2, 0) is 16.1 Å². The van der Waals surface area contributed by atoms with E-state index in [0.717, 1.165) is 40.2 Å². The van der Waals surface area contributed by atoms with Crippen molar-refractivity contribution in [1.29, 1.82) is 0 Å².